The van der Waals surface area contributed by atoms with Crippen molar-refractivity contribution in [3.63, 3.8) is 0 Å². The van der Waals surface area contributed by atoms with Gasteiger partial charge in [0.15, 0.2) is 0 Å². The number of sulfonamides is 1. The number of aromatic nitrogens is 2. The van der Waals surface area contributed by atoms with E-state index in [1.165, 1.54) is 4.31 Å². The van der Waals surface area contributed by atoms with Gasteiger partial charge in [0.1, 0.15) is 0 Å². The molecule has 0 atom stereocenters. The highest BCUT2D eigenvalue weighted by molar-refractivity contribution is 7.89. The highest BCUT2D eigenvalue weighted by atomic mass is 32.2. The normalized spacial score (nSPS) is 12.0. The Morgan fingerprint density at radius 1 is 1.23 bits per heavy atom. The summed E-state index contributed by atoms with van der Waals surface area (Å²) < 4.78 is 25.2. The molecule has 0 aliphatic carbocycles. The Labute approximate surface area is 132 Å². The molecule has 1 heterocycles. The quantitative estimate of drug-likeness (QED) is 0.813. The second-order valence-electron chi connectivity index (χ2n) is 5.39. The zero-order valence-electron chi connectivity index (χ0n) is 13.1. The van der Waals surface area contributed by atoms with Crippen LogP contribution in [-0.2, 0) is 16.4 Å². The largest absolute Gasteiger partial charge is 0.282 e. The van der Waals surface area contributed by atoms with Gasteiger partial charge in [0, 0.05) is 24.8 Å². The van der Waals surface area contributed by atoms with E-state index in [9.17, 15) is 8.42 Å². The average Bonchev–Trinajstić information content (AvgIpc) is 2.97. The minimum atomic E-state index is -3.10. The summed E-state index contributed by atoms with van der Waals surface area (Å²) in [5, 5.41) is 7.33. The molecule has 0 fully saturated rings. The highest BCUT2D eigenvalue weighted by Crippen LogP contribution is 2.17. The van der Waals surface area contributed by atoms with E-state index in [1.807, 2.05) is 43.3 Å². The Bertz CT molecular complexity index is 680. The predicted octanol–water partition coefficient (Wildman–Crippen LogP) is 2.68. The Kier molecular flexibility index (Phi) is 5.74. The van der Waals surface area contributed by atoms with Crippen molar-refractivity contribution in [2.45, 2.75) is 26.2 Å². The van der Waals surface area contributed by atoms with Crippen molar-refractivity contribution in [3.05, 3.63) is 42.1 Å². The molecule has 2 rings (SSSR count). The second-order valence-corrected chi connectivity index (χ2v) is 7.58. The lowest BCUT2D eigenvalue weighted by Gasteiger charge is -2.16. The van der Waals surface area contributed by atoms with Gasteiger partial charge in [-0.05, 0) is 25.3 Å². The first-order valence-electron chi connectivity index (χ1n) is 7.56. The van der Waals surface area contributed by atoms with Crippen LogP contribution in [-0.4, -0.2) is 42.3 Å². The third kappa shape index (κ3) is 4.42. The van der Waals surface area contributed by atoms with Gasteiger partial charge in [-0.1, -0.05) is 37.3 Å². The Morgan fingerprint density at radius 3 is 2.64 bits per heavy atom. The van der Waals surface area contributed by atoms with Crippen molar-refractivity contribution in [1.82, 2.24) is 14.5 Å². The minimum Gasteiger partial charge on any atom is -0.282 e. The number of rotatable bonds is 8. The van der Waals surface area contributed by atoms with Crippen molar-refractivity contribution >= 4 is 10.0 Å². The number of hydrogen-bond acceptors (Lipinski definition) is 3. The average molecular weight is 321 g/mol. The van der Waals surface area contributed by atoms with Crippen LogP contribution >= 0.6 is 0 Å². The fourth-order valence-corrected chi connectivity index (χ4v) is 3.53. The zero-order valence-corrected chi connectivity index (χ0v) is 13.9. The van der Waals surface area contributed by atoms with E-state index < -0.39 is 10.0 Å². The molecule has 6 heteroatoms. The molecule has 0 saturated heterocycles. The van der Waals surface area contributed by atoms with Gasteiger partial charge in [-0.25, -0.2) is 12.7 Å². The first-order valence-corrected chi connectivity index (χ1v) is 9.17. The van der Waals surface area contributed by atoms with Gasteiger partial charge in [0.25, 0.3) is 0 Å². The summed E-state index contributed by atoms with van der Waals surface area (Å²) >= 11 is 0. The maximum atomic E-state index is 11.9. The van der Waals surface area contributed by atoms with E-state index in [4.69, 9.17) is 0 Å². The van der Waals surface area contributed by atoms with Crippen LogP contribution in [0.5, 0.6) is 0 Å². The fourth-order valence-electron chi connectivity index (χ4n) is 2.29. The Balaban J connectivity index is 1.87. The van der Waals surface area contributed by atoms with E-state index in [1.54, 1.807) is 7.05 Å². The summed E-state index contributed by atoms with van der Waals surface area (Å²) in [7, 11) is -1.45. The summed E-state index contributed by atoms with van der Waals surface area (Å²) in [6, 6.07) is 12.0. The summed E-state index contributed by atoms with van der Waals surface area (Å²) in [5.74, 6) is 0.214. The Hall–Kier alpha value is -1.66. The highest BCUT2D eigenvalue weighted by Gasteiger charge is 2.15. The summed E-state index contributed by atoms with van der Waals surface area (Å²) in [6.45, 7) is 2.41. The molecule has 1 aromatic heterocycles. The first-order chi connectivity index (χ1) is 10.5. The van der Waals surface area contributed by atoms with E-state index in [0.29, 0.717) is 13.0 Å². The molecule has 120 valence electrons. The predicted molar refractivity (Wildman–Crippen MR) is 89.1 cm³/mol. The molecule has 0 unspecified atom stereocenters. The molecule has 1 N–H and O–H groups in total. The molecular weight excluding hydrogens is 298 g/mol. The van der Waals surface area contributed by atoms with Crippen molar-refractivity contribution in [2.24, 2.45) is 0 Å². The molecule has 0 aliphatic rings. The number of aryl methyl sites for hydroxylation is 1. The fraction of sp³-hybridized carbons (Fsp3) is 0.438. The molecule has 0 radical (unpaired) electrons. The van der Waals surface area contributed by atoms with Crippen LogP contribution in [0.2, 0.25) is 0 Å². The standard InChI is InChI=1S/C16H23N3O2S/c1-3-12-22(20,21)19(2)11-7-10-15-13-16(18-17-15)14-8-5-4-6-9-14/h4-6,8-9,13H,3,7,10-12H2,1-2H3,(H,17,18). The summed E-state index contributed by atoms with van der Waals surface area (Å²) in [5.41, 5.74) is 3.02. The van der Waals surface area contributed by atoms with Gasteiger partial charge in [-0.3, -0.25) is 5.10 Å². The third-order valence-corrected chi connectivity index (χ3v) is 5.61. The molecule has 0 saturated carbocycles. The summed E-state index contributed by atoms with van der Waals surface area (Å²) in [4.78, 5) is 0. The lowest BCUT2D eigenvalue weighted by atomic mass is 10.1. The van der Waals surface area contributed by atoms with Gasteiger partial charge in [0.05, 0.1) is 11.4 Å². The van der Waals surface area contributed by atoms with E-state index in [-0.39, 0.29) is 5.75 Å². The van der Waals surface area contributed by atoms with Crippen LogP contribution in [0, 0.1) is 0 Å². The van der Waals surface area contributed by atoms with Crippen LogP contribution in [0.15, 0.2) is 36.4 Å². The molecule has 22 heavy (non-hydrogen) atoms. The lowest BCUT2D eigenvalue weighted by Crippen LogP contribution is -2.30. The molecule has 5 nitrogen and oxygen atoms in total. The van der Waals surface area contributed by atoms with E-state index in [2.05, 4.69) is 10.2 Å². The molecule has 0 amide bonds. The van der Waals surface area contributed by atoms with Gasteiger partial charge >= 0.3 is 0 Å². The van der Waals surface area contributed by atoms with Crippen molar-refractivity contribution in [3.8, 4) is 11.3 Å². The monoisotopic (exact) mass is 321 g/mol. The van der Waals surface area contributed by atoms with Gasteiger partial charge in [-0.15, -0.1) is 0 Å². The molecular formula is C16H23N3O2S. The van der Waals surface area contributed by atoms with E-state index in [0.717, 1.165) is 29.8 Å². The SMILES string of the molecule is CCCS(=O)(=O)N(C)CCCc1cc(-c2ccccc2)n[nH]1. The van der Waals surface area contributed by atoms with Gasteiger partial charge in [0.2, 0.25) is 10.0 Å². The molecule has 0 bridgehead atoms. The molecule has 1 aromatic carbocycles. The van der Waals surface area contributed by atoms with Crippen molar-refractivity contribution in [2.75, 3.05) is 19.3 Å². The van der Waals surface area contributed by atoms with Crippen LogP contribution in [0.3, 0.4) is 0 Å². The number of hydrogen-bond donors (Lipinski definition) is 1. The van der Waals surface area contributed by atoms with E-state index >= 15 is 0 Å². The minimum absolute atomic E-state index is 0.214. The number of aromatic amines is 1. The smallest absolute Gasteiger partial charge is 0.213 e. The van der Waals surface area contributed by atoms with Crippen LogP contribution in [0.1, 0.15) is 25.5 Å². The lowest BCUT2D eigenvalue weighted by molar-refractivity contribution is 0.460. The first kappa shape index (κ1) is 16.7. The third-order valence-electron chi connectivity index (χ3n) is 3.56. The van der Waals surface area contributed by atoms with Crippen molar-refractivity contribution < 1.29 is 8.42 Å². The number of nitrogens with zero attached hydrogens (tertiary/aromatic N) is 2. The molecule has 0 spiro atoms. The van der Waals surface area contributed by atoms with Crippen LogP contribution < -0.4 is 0 Å². The maximum Gasteiger partial charge on any atom is 0.213 e. The van der Waals surface area contributed by atoms with Crippen LogP contribution in [0.4, 0.5) is 0 Å². The second kappa shape index (κ2) is 7.56. The Morgan fingerprint density at radius 2 is 1.95 bits per heavy atom. The maximum absolute atomic E-state index is 11.9. The number of nitrogens with one attached hydrogen (secondary N) is 1. The number of H-pyrrole nitrogens is 1. The molecule has 0 aliphatic heterocycles. The molecule has 2 aromatic rings. The van der Waals surface area contributed by atoms with Crippen molar-refractivity contribution in [1.29, 1.82) is 0 Å². The van der Waals surface area contributed by atoms with Gasteiger partial charge < -0.3 is 0 Å². The van der Waals surface area contributed by atoms with Gasteiger partial charge in [-0.2, -0.15) is 5.10 Å². The number of benzene rings is 1. The zero-order chi connectivity index (χ0) is 16.0. The van der Waals surface area contributed by atoms with Crippen LogP contribution in [0.25, 0.3) is 11.3 Å². The topological polar surface area (TPSA) is 66.1 Å². The summed E-state index contributed by atoms with van der Waals surface area (Å²) in [6.07, 6.45) is 2.20.